The van der Waals surface area contributed by atoms with Gasteiger partial charge < -0.3 is 5.11 Å². The van der Waals surface area contributed by atoms with Crippen molar-refractivity contribution in [1.29, 1.82) is 0 Å². The van der Waals surface area contributed by atoms with Crippen molar-refractivity contribution in [3.05, 3.63) is 87.9 Å². The van der Waals surface area contributed by atoms with Crippen LogP contribution in [-0.4, -0.2) is 36.7 Å². The predicted octanol–water partition coefficient (Wildman–Crippen LogP) is 6.94. The van der Waals surface area contributed by atoms with Crippen LogP contribution >= 0.6 is 22.9 Å². The smallest absolute Gasteiger partial charge is 0.376 e. The minimum Gasteiger partial charge on any atom is -0.376 e. The number of fused-ring (bicyclic) bond motifs is 1. The summed E-state index contributed by atoms with van der Waals surface area (Å²) in [7, 11) is -3.65. The lowest BCUT2D eigenvalue weighted by Crippen LogP contribution is -2.39. The summed E-state index contributed by atoms with van der Waals surface area (Å²) >= 11 is 7.78. The number of alkyl halides is 3. The van der Waals surface area contributed by atoms with Gasteiger partial charge in [0.1, 0.15) is 0 Å². The SMILES string of the molecule is CCS(=O)(=O)/N=C/C(c1cc2cccc(-c3cc([C@@](C)(O)C(F)(F)F)ccn3)c2s1)c1ccccc1Cl. The molecule has 0 aliphatic heterocycles. The Hall–Kier alpha value is -2.79. The van der Waals surface area contributed by atoms with Crippen LogP contribution in [0.25, 0.3) is 21.3 Å². The summed E-state index contributed by atoms with van der Waals surface area (Å²) in [4.78, 5) is 5.00. The number of benzene rings is 2. The van der Waals surface area contributed by atoms with E-state index in [1.54, 1.807) is 36.4 Å². The van der Waals surface area contributed by atoms with E-state index >= 15 is 0 Å². The Morgan fingerprint density at radius 2 is 1.86 bits per heavy atom. The van der Waals surface area contributed by atoms with Crippen molar-refractivity contribution in [1.82, 2.24) is 4.98 Å². The molecule has 0 radical (unpaired) electrons. The summed E-state index contributed by atoms with van der Waals surface area (Å²) in [5.74, 6) is -0.732. The van der Waals surface area contributed by atoms with Crippen LogP contribution in [0, 0.1) is 0 Å². The second kappa shape index (κ2) is 10.2. The number of sulfonamides is 1. The lowest BCUT2D eigenvalue weighted by atomic mass is 9.94. The van der Waals surface area contributed by atoms with E-state index in [4.69, 9.17) is 11.6 Å². The Bertz CT molecular complexity index is 1580. The number of aliphatic hydroxyl groups is 1. The van der Waals surface area contributed by atoms with Gasteiger partial charge in [0.2, 0.25) is 0 Å². The van der Waals surface area contributed by atoms with E-state index in [1.807, 2.05) is 12.1 Å². The third-order valence-electron chi connectivity index (χ3n) is 6.00. The van der Waals surface area contributed by atoms with Gasteiger partial charge in [0.05, 0.1) is 17.4 Å². The van der Waals surface area contributed by atoms with Gasteiger partial charge in [-0.1, -0.05) is 48.0 Å². The van der Waals surface area contributed by atoms with E-state index in [0.717, 1.165) is 21.0 Å². The minimum absolute atomic E-state index is 0.154. The van der Waals surface area contributed by atoms with Gasteiger partial charge in [-0.2, -0.15) is 17.6 Å². The zero-order valence-electron chi connectivity index (χ0n) is 19.7. The number of hydrogen-bond donors (Lipinski definition) is 1. The predicted molar refractivity (Wildman–Crippen MR) is 142 cm³/mol. The molecule has 0 fully saturated rings. The van der Waals surface area contributed by atoms with Gasteiger partial charge in [-0.15, -0.1) is 11.3 Å². The van der Waals surface area contributed by atoms with Crippen LogP contribution in [0.3, 0.4) is 0 Å². The summed E-state index contributed by atoms with van der Waals surface area (Å²) < 4.78 is 69.1. The summed E-state index contributed by atoms with van der Waals surface area (Å²) in [6.07, 6.45) is -2.29. The Morgan fingerprint density at radius 1 is 1.14 bits per heavy atom. The third-order valence-corrected chi connectivity index (χ3v) is 8.78. The van der Waals surface area contributed by atoms with E-state index in [1.165, 1.54) is 36.7 Å². The number of aromatic nitrogens is 1. The van der Waals surface area contributed by atoms with Crippen LogP contribution in [-0.2, 0) is 15.6 Å². The molecule has 194 valence electrons. The number of thiophene rings is 1. The fourth-order valence-corrected chi connectivity index (χ4v) is 5.72. The molecular weight excluding hydrogens is 545 g/mol. The molecule has 11 heteroatoms. The zero-order valence-corrected chi connectivity index (χ0v) is 22.1. The van der Waals surface area contributed by atoms with E-state index in [-0.39, 0.29) is 17.0 Å². The molecular formula is C26H22ClF3N2O3S2. The minimum atomic E-state index is -4.87. The highest BCUT2D eigenvalue weighted by Gasteiger charge is 2.51. The molecule has 4 aromatic rings. The van der Waals surface area contributed by atoms with Crippen LogP contribution in [0.1, 0.15) is 35.8 Å². The van der Waals surface area contributed by atoms with Crippen molar-refractivity contribution in [2.24, 2.45) is 4.40 Å². The number of pyridine rings is 1. The van der Waals surface area contributed by atoms with Crippen molar-refractivity contribution in [3.8, 4) is 11.3 Å². The van der Waals surface area contributed by atoms with Crippen molar-refractivity contribution in [2.45, 2.75) is 31.5 Å². The molecule has 0 aliphatic carbocycles. The molecule has 0 saturated heterocycles. The molecule has 0 bridgehead atoms. The van der Waals surface area contributed by atoms with Gasteiger partial charge in [0.15, 0.2) is 5.60 Å². The molecule has 2 atom stereocenters. The maximum atomic E-state index is 13.4. The largest absolute Gasteiger partial charge is 0.421 e. The van der Waals surface area contributed by atoms with Gasteiger partial charge >= 0.3 is 6.18 Å². The van der Waals surface area contributed by atoms with Gasteiger partial charge in [0.25, 0.3) is 10.0 Å². The number of nitrogens with zero attached hydrogens (tertiary/aromatic N) is 2. The molecule has 1 N–H and O–H groups in total. The van der Waals surface area contributed by atoms with E-state index in [0.29, 0.717) is 23.1 Å². The molecule has 37 heavy (non-hydrogen) atoms. The van der Waals surface area contributed by atoms with Crippen LogP contribution in [0.2, 0.25) is 5.02 Å². The molecule has 0 amide bonds. The monoisotopic (exact) mass is 566 g/mol. The highest BCUT2D eigenvalue weighted by molar-refractivity contribution is 7.90. The average Bonchev–Trinajstić information content (AvgIpc) is 3.28. The number of hydrogen-bond acceptors (Lipinski definition) is 5. The zero-order chi connectivity index (χ0) is 27.0. The maximum absolute atomic E-state index is 13.4. The van der Waals surface area contributed by atoms with Crippen molar-refractivity contribution < 1.29 is 26.7 Å². The molecule has 2 heterocycles. The first-order valence-corrected chi connectivity index (χ1v) is 14.0. The van der Waals surface area contributed by atoms with Crippen LogP contribution < -0.4 is 0 Å². The van der Waals surface area contributed by atoms with Crippen molar-refractivity contribution in [3.63, 3.8) is 0 Å². The second-order valence-electron chi connectivity index (χ2n) is 8.50. The fourth-order valence-electron chi connectivity index (χ4n) is 3.74. The quantitative estimate of drug-likeness (QED) is 0.246. The van der Waals surface area contributed by atoms with Gasteiger partial charge in [-0.3, -0.25) is 4.98 Å². The van der Waals surface area contributed by atoms with E-state index < -0.39 is 27.7 Å². The van der Waals surface area contributed by atoms with Gasteiger partial charge in [-0.25, -0.2) is 8.42 Å². The Kier molecular flexibility index (Phi) is 7.49. The van der Waals surface area contributed by atoms with Gasteiger partial charge in [0, 0.05) is 32.6 Å². The molecule has 1 unspecified atom stereocenters. The molecule has 0 saturated carbocycles. The van der Waals surface area contributed by atoms with E-state index in [2.05, 4.69) is 9.38 Å². The van der Waals surface area contributed by atoms with Crippen LogP contribution in [0.5, 0.6) is 0 Å². The summed E-state index contributed by atoms with van der Waals surface area (Å²) in [5.41, 5.74) is -1.88. The Balaban J connectivity index is 1.86. The fraction of sp³-hybridized carbons (Fsp3) is 0.231. The topological polar surface area (TPSA) is 79.6 Å². The maximum Gasteiger partial charge on any atom is 0.421 e. The number of rotatable bonds is 7. The first-order valence-electron chi connectivity index (χ1n) is 11.1. The number of halogens is 4. The standard InChI is InChI=1S/C26H22ClF3N2O3S2/c1-3-37(34,35)32-15-20(18-8-4-5-10-21(18)27)23-13-16-7-6-9-19(24(16)36-23)22-14-17(11-12-31-22)25(2,33)26(28,29)30/h4-15,20,33H,3H2,1-2H3/b32-15+/t20?,25-/m1/s1. The Morgan fingerprint density at radius 3 is 2.54 bits per heavy atom. The first-order chi connectivity index (χ1) is 17.3. The normalized spacial score (nSPS) is 15.2. The van der Waals surface area contributed by atoms with E-state index in [9.17, 15) is 26.7 Å². The van der Waals surface area contributed by atoms with Crippen LogP contribution in [0.4, 0.5) is 13.2 Å². The summed E-state index contributed by atoms with van der Waals surface area (Å²) in [5, 5.41) is 11.4. The Labute approximate surface area is 221 Å². The van der Waals surface area contributed by atoms with Crippen LogP contribution in [0.15, 0.2) is 71.3 Å². The molecule has 0 spiro atoms. The molecule has 2 aromatic carbocycles. The molecule has 4 rings (SSSR count). The average molecular weight is 567 g/mol. The molecule has 2 aromatic heterocycles. The highest BCUT2D eigenvalue weighted by Crippen LogP contribution is 2.42. The molecule has 0 aliphatic rings. The second-order valence-corrected chi connectivity index (χ2v) is 11.9. The lowest BCUT2D eigenvalue weighted by molar-refractivity contribution is -0.258. The third kappa shape index (κ3) is 5.57. The van der Waals surface area contributed by atoms with Gasteiger partial charge in [-0.05, 0) is 54.6 Å². The highest BCUT2D eigenvalue weighted by atomic mass is 35.5. The van der Waals surface area contributed by atoms with Crippen molar-refractivity contribution in [2.75, 3.05) is 5.75 Å². The summed E-state index contributed by atoms with van der Waals surface area (Å²) in [6, 6.07) is 16.6. The first kappa shape index (κ1) is 27.3. The summed E-state index contributed by atoms with van der Waals surface area (Å²) in [6.45, 7) is 2.20. The van der Waals surface area contributed by atoms with Crippen molar-refractivity contribution >= 4 is 49.3 Å². The lowest BCUT2D eigenvalue weighted by Gasteiger charge is -2.26. The molecule has 5 nitrogen and oxygen atoms in total.